The van der Waals surface area contributed by atoms with Crippen LogP contribution in [0.25, 0.3) is 5.69 Å². The molecule has 0 radical (unpaired) electrons. The first-order valence-corrected chi connectivity index (χ1v) is 12.5. The fraction of sp³-hybridized carbons (Fsp3) is 0.393. The SMILES string of the molecule is CCCC(Oc1cc(C)c(-n2cc(C(F)(F)F)cn2)c(C)c1)c1ccc(C(=O)NCCC(=O)OCC)cc1. The summed E-state index contributed by atoms with van der Waals surface area (Å²) in [6, 6.07) is 10.6. The molecule has 10 heteroatoms. The minimum atomic E-state index is -4.46. The molecule has 1 amide bonds. The molecule has 0 saturated heterocycles. The zero-order valence-electron chi connectivity index (χ0n) is 21.9. The summed E-state index contributed by atoms with van der Waals surface area (Å²) in [5.74, 6) is -0.0639. The monoisotopic (exact) mass is 531 g/mol. The van der Waals surface area contributed by atoms with E-state index in [9.17, 15) is 22.8 Å². The van der Waals surface area contributed by atoms with Crippen LogP contribution in [0.4, 0.5) is 13.2 Å². The fourth-order valence-corrected chi connectivity index (χ4v) is 4.12. The average molecular weight is 532 g/mol. The van der Waals surface area contributed by atoms with Crippen molar-refractivity contribution in [2.75, 3.05) is 13.2 Å². The molecule has 38 heavy (non-hydrogen) atoms. The maximum Gasteiger partial charge on any atom is 0.419 e. The molecule has 1 aromatic heterocycles. The van der Waals surface area contributed by atoms with E-state index in [4.69, 9.17) is 9.47 Å². The molecule has 0 saturated carbocycles. The number of alkyl halides is 3. The summed E-state index contributed by atoms with van der Waals surface area (Å²) in [4.78, 5) is 23.8. The molecule has 2 aromatic carbocycles. The number of benzene rings is 2. The Hall–Kier alpha value is -3.82. The third kappa shape index (κ3) is 7.36. The highest BCUT2D eigenvalue weighted by Crippen LogP contribution is 2.33. The van der Waals surface area contributed by atoms with Gasteiger partial charge in [0.25, 0.3) is 5.91 Å². The molecule has 1 heterocycles. The molecule has 7 nitrogen and oxygen atoms in total. The quantitative estimate of drug-likeness (QED) is 0.302. The summed E-state index contributed by atoms with van der Waals surface area (Å²) in [6.07, 6.45) is -1.29. The maximum atomic E-state index is 13.0. The molecule has 3 rings (SSSR count). The topological polar surface area (TPSA) is 82.5 Å². The van der Waals surface area contributed by atoms with Gasteiger partial charge in [-0.25, -0.2) is 4.68 Å². The van der Waals surface area contributed by atoms with Crippen LogP contribution >= 0.6 is 0 Å². The molecule has 1 unspecified atom stereocenters. The number of hydrogen-bond donors (Lipinski definition) is 1. The van der Waals surface area contributed by atoms with Crippen LogP contribution in [0, 0.1) is 13.8 Å². The van der Waals surface area contributed by atoms with Gasteiger partial charge in [0, 0.05) is 18.3 Å². The number of aromatic nitrogens is 2. The number of hydrogen-bond acceptors (Lipinski definition) is 5. The molecule has 0 bridgehead atoms. The van der Waals surface area contributed by atoms with Gasteiger partial charge in [-0.3, -0.25) is 9.59 Å². The van der Waals surface area contributed by atoms with Crippen molar-refractivity contribution >= 4 is 11.9 Å². The number of ether oxygens (including phenoxy) is 2. The number of amides is 1. The lowest BCUT2D eigenvalue weighted by molar-refractivity contribution is -0.143. The number of halogens is 3. The van der Waals surface area contributed by atoms with E-state index in [1.165, 1.54) is 4.68 Å². The zero-order valence-corrected chi connectivity index (χ0v) is 21.9. The van der Waals surface area contributed by atoms with Crippen molar-refractivity contribution in [1.29, 1.82) is 0 Å². The van der Waals surface area contributed by atoms with Crippen molar-refractivity contribution in [3.63, 3.8) is 0 Å². The highest BCUT2D eigenvalue weighted by molar-refractivity contribution is 5.94. The summed E-state index contributed by atoms with van der Waals surface area (Å²) in [6.45, 7) is 7.85. The molecule has 1 N–H and O–H groups in total. The first kappa shape index (κ1) is 28.7. The van der Waals surface area contributed by atoms with Crippen molar-refractivity contribution in [2.24, 2.45) is 0 Å². The van der Waals surface area contributed by atoms with Gasteiger partial charge in [-0.05, 0) is 68.1 Å². The molecule has 0 aliphatic heterocycles. The van der Waals surface area contributed by atoms with Crippen molar-refractivity contribution in [1.82, 2.24) is 15.1 Å². The highest BCUT2D eigenvalue weighted by atomic mass is 19.4. The zero-order chi connectivity index (χ0) is 27.9. The minimum absolute atomic E-state index is 0.103. The van der Waals surface area contributed by atoms with E-state index in [1.807, 2.05) is 19.1 Å². The molecule has 0 fully saturated rings. The fourth-order valence-electron chi connectivity index (χ4n) is 4.12. The summed E-state index contributed by atoms with van der Waals surface area (Å²) in [5.41, 5.74) is 2.55. The van der Waals surface area contributed by atoms with Crippen LogP contribution in [-0.2, 0) is 15.7 Å². The molecular weight excluding hydrogens is 499 g/mol. The second-order valence-electron chi connectivity index (χ2n) is 8.91. The van der Waals surface area contributed by atoms with Crippen LogP contribution in [0.15, 0.2) is 48.8 Å². The average Bonchev–Trinajstić information content (AvgIpc) is 3.34. The summed E-state index contributed by atoms with van der Waals surface area (Å²) in [7, 11) is 0. The lowest BCUT2D eigenvalue weighted by Crippen LogP contribution is -2.26. The number of nitrogens with zero attached hydrogens (tertiary/aromatic N) is 2. The van der Waals surface area contributed by atoms with Crippen LogP contribution in [0.3, 0.4) is 0 Å². The van der Waals surface area contributed by atoms with Gasteiger partial charge in [0.2, 0.25) is 0 Å². The largest absolute Gasteiger partial charge is 0.486 e. The summed E-state index contributed by atoms with van der Waals surface area (Å²) >= 11 is 0. The Morgan fingerprint density at radius 2 is 1.74 bits per heavy atom. The van der Waals surface area contributed by atoms with Crippen LogP contribution in [-0.4, -0.2) is 34.8 Å². The summed E-state index contributed by atoms with van der Waals surface area (Å²) < 4.78 is 51.5. The predicted octanol–water partition coefficient (Wildman–Crippen LogP) is 6.11. The second-order valence-corrected chi connectivity index (χ2v) is 8.91. The molecule has 1 atom stereocenters. The van der Waals surface area contributed by atoms with Crippen LogP contribution in [0.2, 0.25) is 0 Å². The summed E-state index contributed by atoms with van der Waals surface area (Å²) in [5, 5.41) is 6.60. The number of rotatable bonds is 11. The first-order chi connectivity index (χ1) is 18.0. The normalized spacial score (nSPS) is 12.2. The van der Waals surface area contributed by atoms with Crippen molar-refractivity contribution < 1.29 is 32.2 Å². The van der Waals surface area contributed by atoms with Gasteiger partial charge < -0.3 is 14.8 Å². The van der Waals surface area contributed by atoms with Crippen LogP contribution < -0.4 is 10.1 Å². The molecule has 0 spiro atoms. The lowest BCUT2D eigenvalue weighted by atomic mass is 10.0. The third-order valence-electron chi connectivity index (χ3n) is 5.90. The van der Waals surface area contributed by atoms with E-state index in [1.54, 1.807) is 45.0 Å². The highest BCUT2D eigenvalue weighted by Gasteiger charge is 2.32. The van der Waals surface area contributed by atoms with Gasteiger partial charge in [-0.1, -0.05) is 25.5 Å². The number of nitrogens with one attached hydrogen (secondary N) is 1. The molecule has 0 aliphatic rings. The van der Waals surface area contributed by atoms with E-state index in [0.29, 0.717) is 23.6 Å². The number of carbonyl (C=O) groups is 2. The van der Waals surface area contributed by atoms with Crippen molar-refractivity contribution in [3.8, 4) is 11.4 Å². The molecular formula is C28H32F3N3O4. The molecule has 0 aliphatic carbocycles. The van der Waals surface area contributed by atoms with E-state index < -0.39 is 11.7 Å². The van der Waals surface area contributed by atoms with E-state index >= 15 is 0 Å². The standard InChI is InChI=1S/C28H32F3N3O4/c1-5-7-24(20-8-10-21(11-9-20)27(36)32-13-12-25(35)37-6-2)38-23-14-18(3)26(19(4)15-23)34-17-22(16-33-34)28(29,30)31/h8-11,14-17,24H,5-7,12-13H2,1-4H3,(H,32,36). The van der Waals surface area contributed by atoms with E-state index in [0.717, 1.165) is 41.9 Å². The van der Waals surface area contributed by atoms with Crippen molar-refractivity contribution in [3.05, 3.63) is 76.6 Å². The van der Waals surface area contributed by atoms with Gasteiger partial charge in [0.05, 0.1) is 30.5 Å². The maximum absolute atomic E-state index is 13.0. The van der Waals surface area contributed by atoms with Gasteiger partial charge >= 0.3 is 12.1 Å². The smallest absolute Gasteiger partial charge is 0.419 e. The van der Waals surface area contributed by atoms with E-state index in [-0.39, 0.29) is 30.9 Å². The first-order valence-electron chi connectivity index (χ1n) is 12.5. The Labute approximate surface area is 219 Å². The Morgan fingerprint density at radius 3 is 2.29 bits per heavy atom. The lowest BCUT2D eigenvalue weighted by Gasteiger charge is -2.21. The Bertz CT molecular complexity index is 1230. The number of carbonyl (C=O) groups excluding carboxylic acids is 2. The van der Waals surface area contributed by atoms with Gasteiger partial charge in [-0.2, -0.15) is 18.3 Å². The predicted molar refractivity (Wildman–Crippen MR) is 136 cm³/mol. The van der Waals surface area contributed by atoms with Gasteiger partial charge in [-0.15, -0.1) is 0 Å². The van der Waals surface area contributed by atoms with E-state index in [2.05, 4.69) is 10.4 Å². The number of esters is 1. The Balaban J connectivity index is 1.72. The van der Waals surface area contributed by atoms with Crippen LogP contribution in [0.5, 0.6) is 5.75 Å². The third-order valence-corrected chi connectivity index (χ3v) is 5.90. The van der Waals surface area contributed by atoms with Gasteiger partial charge in [0.15, 0.2) is 0 Å². The van der Waals surface area contributed by atoms with Gasteiger partial charge in [0.1, 0.15) is 11.9 Å². The van der Waals surface area contributed by atoms with Crippen molar-refractivity contribution in [2.45, 2.75) is 59.2 Å². The Kier molecular flexibility index (Phi) is 9.55. The number of aryl methyl sites for hydroxylation is 2. The Morgan fingerprint density at radius 1 is 1.08 bits per heavy atom. The molecule has 204 valence electrons. The second kappa shape index (κ2) is 12.6. The molecule has 3 aromatic rings. The van der Waals surface area contributed by atoms with Crippen LogP contribution in [0.1, 0.15) is 71.8 Å². The minimum Gasteiger partial charge on any atom is -0.486 e.